The summed E-state index contributed by atoms with van der Waals surface area (Å²) in [5.74, 6) is 0.308. The fourth-order valence-electron chi connectivity index (χ4n) is 1.79. The Balaban J connectivity index is 1.97. The number of methoxy groups -OCH3 is 1. The highest BCUT2D eigenvalue weighted by molar-refractivity contribution is 7.15. The molecule has 0 aliphatic carbocycles. The van der Waals surface area contributed by atoms with Crippen molar-refractivity contribution in [1.82, 2.24) is 14.3 Å². The van der Waals surface area contributed by atoms with Crippen LogP contribution in [0.25, 0.3) is 4.96 Å². The summed E-state index contributed by atoms with van der Waals surface area (Å²) in [6.07, 6.45) is 1.65. The number of fused-ring (bicyclic) bond motifs is 1. The van der Waals surface area contributed by atoms with Gasteiger partial charge < -0.3 is 25.1 Å². The molecule has 2 aromatic rings. The second-order valence-corrected chi connectivity index (χ2v) is 5.19. The van der Waals surface area contributed by atoms with Gasteiger partial charge in [-0.3, -0.25) is 0 Å². The lowest BCUT2D eigenvalue weighted by Crippen LogP contribution is -2.28. The SMILES string of the molecule is COCCN(C)CCNc1nc2sccn2c1[N+](=O)[O-]. The summed E-state index contributed by atoms with van der Waals surface area (Å²) in [4.78, 5) is 17.6. The maximum absolute atomic E-state index is 11.1. The minimum Gasteiger partial charge on any atom is -0.383 e. The van der Waals surface area contributed by atoms with Gasteiger partial charge in [-0.15, -0.1) is 0 Å². The summed E-state index contributed by atoms with van der Waals surface area (Å²) in [6, 6.07) is 0. The Hall–Kier alpha value is -1.71. The van der Waals surface area contributed by atoms with Gasteiger partial charge in [-0.25, -0.2) is 0 Å². The molecule has 0 atom stereocenters. The van der Waals surface area contributed by atoms with Crippen molar-refractivity contribution in [3.05, 3.63) is 21.7 Å². The third-order valence-electron chi connectivity index (χ3n) is 2.87. The second kappa shape index (κ2) is 6.64. The molecule has 0 radical (unpaired) electrons. The maximum Gasteiger partial charge on any atom is 0.372 e. The molecule has 20 heavy (non-hydrogen) atoms. The normalized spacial score (nSPS) is 11.3. The molecule has 0 fully saturated rings. The first-order valence-electron chi connectivity index (χ1n) is 6.14. The molecule has 0 saturated heterocycles. The lowest BCUT2D eigenvalue weighted by atomic mass is 10.5. The van der Waals surface area contributed by atoms with Gasteiger partial charge in [-0.05, 0) is 12.0 Å². The highest BCUT2D eigenvalue weighted by Crippen LogP contribution is 2.27. The van der Waals surface area contributed by atoms with E-state index in [2.05, 4.69) is 15.2 Å². The van der Waals surface area contributed by atoms with E-state index >= 15 is 0 Å². The van der Waals surface area contributed by atoms with Crippen LogP contribution in [0.3, 0.4) is 0 Å². The van der Waals surface area contributed by atoms with Gasteiger partial charge in [-0.2, -0.15) is 9.38 Å². The molecule has 1 N–H and O–H groups in total. The van der Waals surface area contributed by atoms with Gasteiger partial charge in [0.2, 0.25) is 5.82 Å². The van der Waals surface area contributed by atoms with Gasteiger partial charge in [-0.1, -0.05) is 11.3 Å². The second-order valence-electron chi connectivity index (χ2n) is 4.32. The molecule has 0 saturated carbocycles. The van der Waals surface area contributed by atoms with E-state index in [1.54, 1.807) is 18.7 Å². The van der Waals surface area contributed by atoms with Crippen molar-refractivity contribution in [2.24, 2.45) is 0 Å². The van der Waals surface area contributed by atoms with Crippen LogP contribution in [0.4, 0.5) is 11.6 Å². The van der Waals surface area contributed by atoms with E-state index in [9.17, 15) is 10.1 Å². The molecule has 0 unspecified atom stereocenters. The van der Waals surface area contributed by atoms with Crippen molar-refractivity contribution in [2.75, 3.05) is 45.7 Å². The van der Waals surface area contributed by atoms with Crippen LogP contribution in [0.2, 0.25) is 0 Å². The lowest BCUT2D eigenvalue weighted by Gasteiger charge is -2.15. The van der Waals surface area contributed by atoms with Crippen LogP contribution < -0.4 is 5.32 Å². The quantitative estimate of drug-likeness (QED) is 0.584. The van der Waals surface area contributed by atoms with Gasteiger partial charge in [0, 0.05) is 32.1 Å². The van der Waals surface area contributed by atoms with Crippen LogP contribution in [0.15, 0.2) is 11.6 Å². The van der Waals surface area contributed by atoms with Crippen LogP contribution in [-0.4, -0.2) is 59.6 Å². The van der Waals surface area contributed by atoms with Crippen molar-refractivity contribution >= 4 is 27.9 Å². The van der Waals surface area contributed by atoms with Crippen LogP contribution in [0.1, 0.15) is 0 Å². The number of ether oxygens (including phenoxy) is 1. The number of likely N-dealkylation sites (N-methyl/N-ethyl adjacent to an activating group) is 1. The fraction of sp³-hybridized carbons (Fsp3) is 0.545. The predicted molar refractivity (Wildman–Crippen MR) is 77.6 cm³/mol. The zero-order valence-electron chi connectivity index (χ0n) is 11.4. The minimum atomic E-state index is -0.413. The van der Waals surface area contributed by atoms with Gasteiger partial charge >= 0.3 is 5.82 Å². The van der Waals surface area contributed by atoms with Gasteiger partial charge in [0.15, 0.2) is 0 Å². The Bertz CT molecular complexity index is 582. The molecular weight excluding hydrogens is 282 g/mol. The minimum absolute atomic E-state index is 0.0132. The maximum atomic E-state index is 11.1. The Morgan fingerprint density at radius 2 is 2.40 bits per heavy atom. The lowest BCUT2D eigenvalue weighted by molar-refractivity contribution is -0.389. The van der Waals surface area contributed by atoms with Crippen molar-refractivity contribution in [2.45, 2.75) is 0 Å². The number of thiazole rings is 1. The average Bonchev–Trinajstić information content (AvgIpc) is 2.95. The van der Waals surface area contributed by atoms with E-state index in [1.165, 1.54) is 15.7 Å². The Kier molecular flexibility index (Phi) is 4.88. The monoisotopic (exact) mass is 299 g/mol. The molecular formula is C11H17N5O3S. The van der Waals surface area contributed by atoms with Crippen molar-refractivity contribution in [3.63, 3.8) is 0 Å². The zero-order valence-corrected chi connectivity index (χ0v) is 12.2. The zero-order chi connectivity index (χ0) is 14.5. The number of nitro groups is 1. The van der Waals surface area contributed by atoms with Gasteiger partial charge in [0.05, 0.1) is 6.61 Å². The fourth-order valence-corrected chi connectivity index (χ4v) is 2.50. The first kappa shape index (κ1) is 14.7. The van der Waals surface area contributed by atoms with Crippen LogP contribution in [-0.2, 0) is 4.74 Å². The van der Waals surface area contributed by atoms with E-state index in [-0.39, 0.29) is 5.82 Å². The Labute approximate surface area is 120 Å². The van der Waals surface area contributed by atoms with Crippen LogP contribution in [0.5, 0.6) is 0 Å². The first-order valence-corrected chi connectivity index (χ1v) is 7.02. The number of imidazole rings is 1. The molecule has 2 aromatic heterocycles. The molecule has 2 heterocycles. The van der Waals surface area contributed by atoms with Crippen molar-refractivity contribution in [3.8, 4) is 0 Å². The third-order valence-corrected chi connectivity index (χ3v) is 3.63. The summed E-state index contributed by atoms with van der Waals surface area (Å²) in [5, 5.41) is 15.9. The molecule has 0 aliphatic heterocycles. The number of hydrogen-bond acceptors (Lipinski definition) is 7. The number of hydrogen-bond donors (Lipinski definition) is 1. The number of anilines is 1. The summed E-state index contributed by atoms with van der Waals surface area (Å²) in [5.41, 5.74) is 0. The highest BCUT2D eigenvalue weighted by atomic mass is 32.1. The summed E-state index contributed by atoms with van der Waals surface area (Å²) in [6.45, 7) is 2.83. The molecule has 110 valence electrons. The van der Waals surface area contributed by atoms with Crippen molar-refractivity contribution in [1.29, 1.82) is 0 Å². The van der Waals surface area contributed by atoms with E-state index in [0.717, 1.165) is 13.1 Å². The molecule has 0 aliphatic rings. The Morgan fingerprint density at radius 1 is 1.60 bits per heavy atom. The van der Waals surface area contributed by atoms with Gasteiger partial charge in [0.25, 0.3) is 4.96 Å². The Morgan fingerprint density at radius 3 is 3.10 bits per heavy atom. The molecule has 0 aromatic carbocycles. The number of rotatable bonds is 8. The highest BCUT2D eigenvalue weighted by Gasteiger charge is 2.23. The van der Waals surface area contributed by atoms with E-state index in [0.29, 0.717) is 23.9 Å². The molecule has 0 spiro atoms. The third kappa shape index (κ3) is 3.24. The standard InChI is InChI=1S/C11H17N5O3S/c1-14(5-7-19-2)4-3-12-9-10(16(17)18)15-6-8-20-11(15)13-9/h6,8,12H,3-5,7H2,1-2H3. The first-order chi connectivity index (χ1) is 9.63. The molecule has 2 rings (SSSR count). The average molecular weight is 299 g/mol. The predicted octanol–water partition coefficient (Wildman–Crippen LogP) is 1.29. The number of nitrogens with zero attached hydrogens (tertiary/aromatic N) is 4. The van der Waals surface area contributed by atoms with E-state index < -0.39 is 4.92 Å². The van der Waals surface area contributed by atoms with E-state index in [4.69, 9.17) is 4.74 Å². The topological polar surface area (TPSA) is 84.9 Å². The molecule has 0 bridgehead atoms. The van der Waals surface area contributed by atoms with Gasteiger partial charge in [0.1, 0.15) is 6.20 Å². The number of nitrogens with one attached hydrogen (secondary N) is 1. The molecule has 0 amide bonds. The summed E-state index contributed by atoms with van der Waals surface area (Å²) in [7, 11) is 3.63. The number of aromatic nitrogens is 2. The summed E-state index contributed by atoms with van der Waals surface area (Å²) >= 11 is 1.37. The van der Waals surface area contributed by atoms with Crippen molar-refractivity contribution < 1.29 is 9.66 Å². The van der Waals surface area contributed by atoms with E-state index in [1.807, 2.05) is 7.05 Å². The smallest absolute Gasteiger partial charge is 0.372 e. The summed E-state index contributed by atoms with van der Waals surface area (Å²) < 4.78 is 6.48. The largest absolute Gasteiger partial charge is 0.383 e. The van der Waals surface area contributed by atoms with Crippen LogP contribution in [0, 0.1) is 10.1 Å². The van der Waals surface area contributed by atoms with Crippen LogP contribution >= 0.6 is 11.3 Å². The molecule has 8 nitrogen and oxygen atoms in total. The molecule has 9 heteroatoms.